The minimum atomic E-state index is -1.54. The fourth-order valence-corrected chi connectivity index (χ4v) is 11.0. The van der Waals surface area contributed by atoms with E-state index in [4.69, 9.17) is 17.2 Å². The van der Waals surface area contributed by atoms with E-state index in [-0.39, 0.29) is 74.8 Å². The van der Waals surface area contributed by atoms with Gasteiger partial charge in [-0.1, -0.05) is 68.8 Å². The third-order valence-corrected chi connectivity index (χ3v) is 16.4. The maximum Gasteiger partial charge on any atom is 0.326 e. The lowest BCUT2D eigenvalue weighted by Gasteiger charge is -2.30. The zero-order valence-corrected chi connectivity index (χ0v) is 52.6. The van der Waals surface area contributed by atoms with E-state index < -0.39 is 145 Å². The molecule has 0 bridgehead atoms. The number of fused-ring (bicyclic) bond motifs is 2. The van der Waals surface area contributed by atoms with Crippen LogP contribution in [0.2, 0.25) is 0 Å². The van der Waals surface area contributed by atoms with Crippen LogP contribution in [0.5, 0.6) is 5.75 Å². The van der Waals surface area contributed by atoms with Crippen molar-refractivity contribution in [2.75, 3.05) is 31.1 Å². The number of carbonyl (C=O) groups is 11. The van der Waals surface area contributed by atoms with Gasteiger partial charge in [-0.25, -0.2) is 4.79 Å². The second-order valence-electron chi connectivity index (χ2n) is 22.4. The normalized spacial score (nSPS) is 15.8. The molecule has 2 aromatic heterocycles. The van der Waals surface area contributed by atoms with Crippen molar-refractivity contribution in [3.05, 3.63) is 102 Å². The summed E-state index contributed by atoms with van der Waals surface area (Å²) >= 11 is 8.54. The minimum Gasteiger partial charge on any atom is -0.508 e. The number of benzene rings is 3. The zero-order valence-electron chi connectivity index (χ0n) is 50.8. The van der Waals surface area contributed by atoms with Gasteiger partial charge >= 0.3 is 11.9 Å². The topological polar surface area (TPSA) is 470 Å². The van der Waals surface area contributed by atoms with E-state index in [1.165, 1.54) is 24.3 Å². The largest absolute Gasteiger partial charge is 0.508 e. The molecule has 31 heteroatoms. The van der Waals surface area contributed by atoms with Crippen molar-refractivity contribution in [1.82, 2.24) is 57.4 Å². The van der Waals surface area contributed by atoms with Gasteiger partial charge in [-0.15, -0.1) is 0 Å². The van der Waals surface area contributed by atoms with Gasteiger partial charge in [0, 0.05) is 78.1 Å². The molecule has 9 amide bonds. The smallest absolute Gasteiger partial charge is 0.326 e. The number of carboxylic acid groups (broad SMARTS) is 2. The van der Waals surface area contributed by atoms with Crippen LogP contribution in [0.3, 0.4) is 0 Å². The Hall–Kier alpha value is -9.36. The second kappa shape index (κ2) is 34.7. The van der Waals surface area contributed by atoms with Crippen molar-refractivity contribution in [2.24, 2.45) is 28.1 Å². The predicted molar refractivity (Wildman–Crippen MR) is 347 cm³/mol. The molecule has 3 aromatic carbocycles. The van der Waals surface area contributed by atoms with E-state index in [0.29, 0.717) is 24.0 Å². The van der Waals surface area contributed by atoms with E-state index in [2.05, 4.69) is 82.8 Å². The number of guanidine groups is 1. The fourth-order valence-electron chi connectivity index (χ4n) is 10.5. The molecular formula is C61H81N15O14S2. The first-order valence-corrected chi connectivity index (χ1v) is 31.2. The zero-order chi connectivity index (χ0) is 67.2. The molecule has 1 fully saturated rings. The van der Waals surface area contributed by atoms with Gasteiger partial charge in [0.05, 0.1) is 12.6 Å². The van der Waals surface area contributed by atoms with Gasteiger partial charge in [0.15, 0.2) is 5.96 Å². The highest BCUT2D eigenvalue weighted by Gasteiger charge is 2.40. The lowest BCUT2D eigenvalue weighted by Crippen LogP contribution is -2.60. The number of rotatable bonds is 35. The first-order chi connectivity index (χ1) is 43.9. The molecule has 496 valence electrons. The molecule has 0 radical (unpaired) electrons. The number of carbonyl (C=O) groups excluding carboxylic acids is 9. The third-order valence-electron chi connectivity index (χ3n) is 15.7. The number of para-hydroxylation sites is 2. The Balaban J connectivity index is 1.11. The number of carboxylic acids is 2. The average Bonchev–Trinajstić information content (AvgIpc) is 1.72. The molecule has 92 heavy (non-hydrogen) atoms. The predicted octanol–water partition coefficient (Wildman–Crippen LogP) is -0.881. The van der Waals surface area contributed by atoms with Crippen molar-refractivity contribution >= 4 is 118 Å². The molecule has 1 aliphatic rings. The van der Waals surface area contributed by atoms with Gasteiger partial charge in [0.2, 0.25) is 53.2 Å². The van der Waals surface area contributed by atoms with Crippen LogP contribution < -0.4 is 59.7 Å². The summed E-state index contributed by atoms with van der Waals surface area (Å²) in [5.74, 6) is -11.6. The molecule has 1 aliphatic heterocycles. The number of aromatic nitrogens is 2. The number of aliphatic imine (C=N–C) groups is 1. The van der Waals surface area contributed by atoms with Crippen LogP contribution in [-0.2, 0) is 72.0 Å². The number of aliphatic carboxylic acids is 2. The molecule has 3 heterocycles. The Bertz CT molecular complexity index is 3470. The van der Waals surface area contributed by atoms with Crippen LogP contribution in [-0.4, -0.2) is 187 Å². The fraction of sp³-hybridized carbons (Fsp3) is 0.443. The number of hydrogen-bond donors (Lipinski definition) is 18. The number of phenols is 1. The number of phenolic OH excluding ortho intramolecular Hbond substituents is 1. The van der Waals surface area contributed by atoms with Crippen molar-refractivity contribution in [3.8, 4) is 5.75 Å². The molecule has 0 saturated carbocycles. The summed E-state index contributed by atoms with van der Waals surface area (Å²) in [5, 5.41) is 51.9. The van der Waals surface area contributed by atoms with Crippen LogP contribution in [0.4, 0.5) is 0 Å². The number of amides is 9. The molecule has 0 spiro atoms. The number of likely N-dealkylation sites (tertiary alicyclic amines) is 1. The van der Waals surface area contributed by atoms with Gasteiger partial charge in [-0.05, 0) is 85.4 Å². The Morgan fingerprint density at radius 3 is 1.79 bits per heavy atom. The minimum absolute atomic E-state index is 0.00382. The molecule has 29 nitrogen and oxygen atoms in total. The summed E-state index contributed by atoms with van der Waals surface area (Å²) in [6, 6.07) is 8.30. The van der Waals surface area contributed by atoms with E-state index in [1.807, 2.05) is 36.4 Å². The summed E-state index contributed by atoms with van der Waals surface area (Å²) in [6.07, 6.45) is 2.86. The van der Waals surface area contributed by atoms with Gasteiger partial charge < -0.3 is 89.9 Å². The highest BCUT2D eigenvalue weighted by atomic mass is 32.1. The molecule has 5 aromatic rings. The second-order valence-corrected chi connectivity index (χ2v) is 23.1. The summed E-state index contributed by atoms with van der Waals surface area (Å²) < 4.78 is 0. The molecule has 10 atom stereocenters. The van der Waals surface area contributed by atoms with Crippen molar-refractivity contribution in [2.45, 2.75) is 132 Å². The Labute approximate surface area is 540 Å². The molecule has 6 rings (SSSR count). The van der Waals surface area contributed by atoms with E-state index in [0.717, 1.165) is 32.3 Å². The number of nitrogens with zero attached hydrogens (tertiary/aromatic N) is 2. The van der Waals surface area contributed by atoms with Crippen LogP contribution in [0.15, 0.2) is 90.2 Å². The summed E-state index contributed by atoms with van der Waals surface area (Å²) in [7, 11) is 0. The number of aromatic amines is 2. The van der Waals surface area contributed by atoms with Gasteiger partial charge in [-0.2, -0.15) is 25.3 Å². The third kappa shape index (κ3) is 20.6. The van der Waals surface area contributed by atoms with E-state index in [9.17, 15) is 68.1 Å². The van der Waals surface area contributed by atoms with Crippen molar-refractivity contribution in [3.63, 3.8) is 0 Å². The molecular weight excluding hydrogens is 1230 g/mol. The number of H-pyrrole nitrogens is 2. The SMILES string of the molecule is CC[C@H](C)[C@H](NC(=O)[C@H](CCCN=C(N)N)NC(=O)[C@H](Cc1ccc(O)cc1)NC(=O)[C@H](CS)NC(=O)[C@@H](N)Cc1c[nH]c2ccccc12)C(=O)NCC(=O)N[C@@H](CCC(=O)O)C(=O)N1CCC[C@H]1C(=O)N[C@@H](CS)C(=O)N[C@@H](Cc1c[nH]c2ccccc12)C(=O)O. The molecule has 0 aliphatic carbocycles. The van der Waals surface area contributed by atoms with Crippen LogP contribution in [0.1, 0.15) is 75.5 Å². The maximum absolute atomic E-state index is 14.5. The Kier molecular flexibility index (Phi) is 27.1. The lowest BCUT2D eigenvalue weighted by atomic mass is 9.97. The molecule has 1 saturated heterocycles. The van der Waals surface area contributed by atoms with Crippen LogP contribution in [0, 0.1) is 5.92 Å². The average molecular weight is 1310 g/mol. The first-order valence-electron chi connectivity index (χ1n) is 30.0. The van der Waals surface area contributed by atoms with E-state index >= 15 is 0 Å². The highest BCUT2D eigenvalue weighted by Crippen LogP contribution is 2.23. The quantitative estimate of drug-likeness (QED) is 0.0101. The number of thiol groups is 2. The lowest BCUT2D eigenvalue weighted by molar-refractivity contribution is -0.144. The van der Waals surface area contributed by atoms with Gasteiger partial charge in [0.1, 0.15) is 54.1 Å². The summed E-state index contributed by atoms with van der Waals surface area (Å²) in [4.78, 5) is 161. The van der Waals surface area contributed by atoms with Crippen LogP contribution >= 0.6 is 25.3 Å². The number of hydrogen-bond acceptors (Lipinski definition) is 16. The highest BCUT2D eigenvalue weighted by molar-refractivity contribution is 7.80. The number of aromatic hydroxyl groups is 1. The van der Waals surface area contributed by atoms with Gasteiger partial charge in [-0.3, -0.25) is 52.9 Å². The molecule has 0 unspecified atom stereocenters. The summed E-state index contributed by atoms with van der Waals surface area (Å²) in [6.45, 7) is 2.58. The monoisotopic (exact) mass is 1310 g/mol. The molecule has 19 N–H and O–H groups in total. The summed E-state index contributed by atoms with van der Waals surface area (Å²) in [5.41, 5.74) is 20.9. The first kappa shape index (κ1) is 71.7. The Morgan fingerprint density at radius 1 is 0.652 bits per heavy atom. The van der Waals surface area contributed by atoms with Crippen LogP contribution in [0.25, 0.3) is 21.8 Å². The number of nitrogens with two attached hydrogens (primary N) is 3. The van der Waals surface area contributed by atoms with Gasteiger partial charge in [0.25, 0.3) is 0 Å². The van der Waals surface area contributed by atoms with E-state index in [1.54, 1.807) is 38.4 Å². The van der Waals surface area contributed by atoms with Crippen molar-refractivity contribution in [1.29, 1.82) is 0 Å². The standard InChI is InChI=1S/C61H81N15O14S2/c1-3-32(2)51(58(87)68-29-49(78)69-43(20-21-50(79)80)59(88)76-23-9-15-48(76)57(86)74-47(31-92)56(85)72-45(60(89)90)26-35-28-67-41-13-7-5-11-38(35)41)75-53(82)42(14-8-22-65-61(63)64)70-54(83)44(24-33-16-18-36(77)19-17-33)71-55(84)46(30-91)73-52(81)39(62)25-34-27-66-40-12-6-4-10-37(34)40/h4-7,10-13,16-19,27-28,32,39,42-48,51,66-67,77,91-92H,3,8-9,14-15,20-26,29-31,62H2,1-2H3,(H,68,87)(H,69,78)(H,70,83)(H,71,84)(H,72,85)(H,73,81)(H,74,86)(H,75,82)(H,79,80)(H,89,90)(H4,63,64,65)/t32-,39-,42-,43-,44-,45-,46-,47-,48-,51-/m0/s1. The maximum atomic E-state index is 14.5. The Morgan fingerprint density at radius 2 is 1.21 bits per heavy atom. The number of nitrogens with one attached hydrogen (secondary N) is 10. The van der Waals surface area contributed by atoms with Crippen molar-refractivity contribution < 1.29 is 68.1 Å².